The van der Waals surface area contributed by atoms with Crippen LogP contribution in [0.25, 0.3) is 5.69 Å². The van der Waals surface area contributed by atoms with Gasteiger partial charge in [-0.1, -0.05) is 25.1 Å². The number of benzene rings is 2. The molecule has 3 aromatic rings. The monoisotopic (exact) mass is 420 g/mol. The first-order valence-electron chi connectivity index (χ1n) is 10.5. The molecule has 1 aliphatic rings. The highest BCUT2D eigenvalue weighted by Crippen LogP contribution is 2.20. The zero-order valence-corrected chi connectivity index (χ0v) is 17.4. The summed E-state index contributed by atoms with van der Waals surface area (Å²) in [4.78, 5) is 27.3. The van der Waals surface area contributed by atoms with Gasteiger partial charge in [0.05, 0.1) is 23.1 Å². The van der Waals surface area contributed by atoms with Crippen molar-refractivity contribution in [1.82, 2.24) is 20.0 Å². The molecule has 2 heterocycles. The van der Waals surface area contributed by atoms with E-state index in [1.165, 1.54) is 12.1 Å². The second-order valence-corrected chi connectivity index (χ2v) is 7.65. The van der Waals surface area contributed by atoms with Gasteiger partial charge in [0.1, 0.15) is 5.82 Å². The molecule has 31 heavy (non-hydrogen) atoms. The molecule has 0 radical (unpaired) electrons. The normalized spacial score (nSPS) is 14.5. The van der Waals surface area contributed by atoms with Gasteiger partial charge >= 0.3 is 0 Å². The lowest BCUT2D eigenvalue weighted by Crippen LogP contribution is -2.46. The SMILES string of the molecule is CCc1c(C(=O)N2CCC(NC(=O)c3ccccc3)CC2)cnn1-c1ccc(F)cc1. The first-order valence-corrected chi connectivity index (χ1v) is 10.5. The largest absolute Gasteiger partial charge is 0.349 e. The molecule has 0 spiro atoms. The third-order valence-corrected chi connectivity index (χ3v) is 5.66. The van der Waals surface area contributed by atoms with Crippen LogP contribution in [0.3, 0.4) is 0 Å². The zero-order valence-electron chi connectivity index (χ0n) is 17.4. The average Bonchev–Trinajstić information content (AvgIpc) is 3.24. The van der Waals surface area contributed by atoms with Gasteiger partial charge in [-0.15, -0.1) is 0 Å². The highest BCUT2D eigenvalue weighted by molar-refractivity contribution is 5.96. The lowest BCUT2D eigenvalue weighted by atomic mass is 10.0. The summed E-state index contributed by atoms with van der Waals surface area (Å²) >= 11 is 0. The molecule has 0 bridgehead atoms. The minimum atomic E-state index is -0.313. The standard InChI is InChI=1S/C24H25FN4O2/c1-2-22-21(16-26-29(22)20-10-8-18(25)9-11-20)24(31)28-14-12-19(13-15-28)27-23(30)17-6-4-3-5-7-17/h3-11,16,19H,2,12-15H2,1H3,(H,27,30). The van der Waals surface area contributed by atoms with Crippen LogP contribution >= 0.6 is 0 Å². The third kappa shape index (κ3) is 4.50. The van der Waals surface area contributed by atoms with Crippen molar-refractivity contribution in [3.63, 3.8) is 0 Å². The van der Waals surface area contributed by atoms with E-state index in [0.717, 1.165) is 11.4 Å². The molecule has 1 aliphatic heterocycles. The van der Waals surface area contributed by atoms with Gasteiger partial charge in [0.2, 0.25) is 0 Å². The molecule has 0 aliphatic carbocycles. The number of piperidine rings is 1. The van der Waals surface area contributed by atoms with Crippen LogP contribution in [0.1, 0.15) is 46.2 Å². The number of nitrogens with one attached hydrogen (secondary N) is 1. The number of rotatable bonds is 5. The Morgan fingerprint density at radius 1 is 1.06 bits per heavy atom. The van der Waals surface area contributed by atoms with Crippen LogP contribution < -0.4 is 5.32 Å². The number of halogens is 1. The molecule has 0 unspecified atom stereocenters. The number of hydrogen-bond donors (Lipinski definition) is 1. The van der Waals surface area contributed by atoms with Crippen molar-refractivity contribution in [2.24, 2.45) is 0 Å². The maximum Gasteiger partial charge on any atom is 0.257 e. The molecule has 1 aromatic heterocycles. The van der Waals surface area contributed by atoms with E-state index >= 15 is 0 Å². The van der Waals surface area contributed by atoms with E-state index in [9.17, 15) is 14.0 Å². The summed E-state index contributed by atoms with van der Waals surface area (Å²) in [6.07, 6.45) is 3.63. The van der Waals surface area contributed by atoms with Gasteiger partial charge < -0.3 is 10.2 Å². The molecule has 7 heteroatoms. The van der Waals surface area contributed by atoms with E-state index in [1.54, 1.807) is 35.1 Å². The highest BCUT2D eigenvalue weighted by Gasteiger charge is 2.27. The Morgan fingerprint density at radius 3 is 2.39 bits per heavy atom. The second-order valence-electron chi connectivity index (χ2n) is 7.65. The van der Waals surface area contributed by atoms with E-state index in [4.69, 9.17) is 0 Å². The number of aromatic nitrogens is 2. The van der Waals surface area contributed by atoms with Gasteiger partial charge in [0.25, 0.3) is 11.8 Å². The third-order valence-electron chi connectivity index (χ3n) is 5.66. The summed E-state index contributed by atoms with van der Waals surface area (Å²) in [6, 6.07) is 15.2. The van der Waals surface area contributed by atoms with Crippen LogP contribution in [-0.4, -0.2) is 45.6 Å². The summed E-state index contributed by atoms with van der Waals surface area (Å²) in [7, 11) is 0. The highest BCUT2D eigenvalue weighted by atomic mass is 19.1. The summed E-state index contributed by atoms with van der Waals surface area (Å²) in [6.45, 7) is 3.12. The Balaban J connectivity index is 1.41. The van der Waals surface area contributed by atoms with E-state index < -0.39 is 0 Å². The number of carbonyl (C=O) groups is 2. The smallest absolute Gasteiger partial charge is 0.257 e. The average molecular weight is 420 g/mol. The van der Waals surface area contributed by atoms with Crippen molar-refractivity contribution in [2.45, 2.75) is 32.2 Å². The molecule has 1 fully saturated rings. The van der Waals surface area contributed by atoms with Crippen molar-refractivity contribution >= 4 is 11.8 Å². The topological polar surface area (TPSA) is 67.2 Å². The lowest BCUT2D eigenvalue weighted by Gasteiger charge is -2.32. The number of likely N-dealkylation sites (tertiary alicyclic amines) is 1. The Labute approximate surface area is 180 Å². The predicted octanol–water partition coefficient (Wildman–Crippen LogP) is 3.61. The van der Waals surface area contributed by atoms with E-state index in [-0.39, 0.29) is 23.7 Å². The van der Waals surface area contributed by atoms with Crippen molar-refractivity contribution in [1.29, 1.82) is 0 Å². The van der Waals surface area contributed by atoms with E-state index in [2.05, 4.69) is 10.4 Å². The Morgan fingerprint density at radius 2 is 1.74 bits per heavy atom. The molecular weight excluding hydrogens is 395 g/mol. The Hall–Kier alpha value is -3.48. The molecule has 4 rings (SSSR count). The molecule has 1 saturated heterocycles. The number of carbonyl (C=O) groups excluding carboxylic acids is 2. The molecule has 160 valence electrons. The van der Waals surface area contributed by atoms with Crippen molar-refractivity contribution in [3.05, 3.63) is 83.4 Å². The van der Waals surface area contributed by atoms with Gasteiger partial charge in [-0.25, -0.2) is 9.07 Å². The summed E-state index contributed by atoms with van der Waals surface area (Å²) in [5.74, 6) is -0.454. The van der Waals surface area contributed by atoms with Gasteiger partial charge in [-0.05, 0) is 55.7 Å². The van der Waals surface area contributed by atoms with Crippen LogP contribution in [0.4, 0.5) is 4.39 Å². The van der Waals surface area contributed by atoms with Gasteiger partial charge in [0.15, 0.2) is 0 Å². The first kappa shape index (κ1) is 20.8. The maximum absolute atomic E-state index is 13.3. The van der Waals surface area contributed by atoms with E-state index in [0.29, 0.717) is 43.5 Å². The maximum atomic E-state index is 13.3. The van der Waals surface area contributed by atoms with Crippen LogP contribution in [-0.2, 0) is 6.42 Å². The minimum Gasteiger partial charge on any atom is -0.349 e. The van der Waals surface area contributed by atoms with Crippen molar-refractivity contribution in [2.75, 3.05) is 13.1 Å². The molecule has 0 atom stereocenters. The quantitative estimate of drug-likeness (QED) is 0.686. The summed E-state index contributed by atoms with van der Waals surface area (Å²) in [5, 5.41) is 7.44. The fraction of sp³-hybridized carbons (Fsp3) is 0.292. The van der Waals surface area contributed by atoms with Crippen LogP contribution in [0.15, 0.2) is 60.8 Å². The van der Waals surface area contributed by atoms with Crippen LogP contribution in [0, 0.1) is 5.82 Å². The predicted molar refractivity (Wildman–Crippen MR) is 116 cm³/mol. The number of nitrogens with zero attached hydrogens (tertiary/aromatic N) is 3. The fourth-order valence-electron chi connectivity index (χ4n) is 3.95. The number of hydrogen-bond acceptors (Lipinski definition) is 3. The van der Waals surface area contributed by atoms with Crippen LogP contribution in [0.2, 0.25) is 0 Å². The van der Waals surface area contributed by atoms with E-state index in [1.807, 2.05) is 30.0 Å². The van der Waals surface area contributed by atoms with Gasteiger partial charge in [-0.2, -0.15) is 5.10 Å². The molecule has 2 amide bonds. The molecular formula is C24H25FN4O2. The lowest BCUT2D eigenvalue weighted by molar-refractivity contribution is 0.0697. The Bertz CT molecular complexity index is 1050. The van der Waals surface area contributed by atoms with Crippen molar-refractivity contribution < 1.29 is 14.0 Å². The number of amides is 2. The molecule has 6 nitrogen and oxygen atoms in total. The van der Waals surface area contributed by atoms with Gasteiger partial charge in [0, 0.05) is 24.7 Å². The molecule has 0 saturated carbocycles. The summed E-state index contributed by atoms with van der Waals surface area (Å²) in [5.41, 5.74) is 2.73. The van der Waals surface area contributed by atoms with Gasteiger partial charge in [-0.3, -0.25) is 9.59 Å². The minimum absolute atomic E-state index is 0.0457. The zero-order chi connectivity index (χ0) is 21.8. The van der Waals surface area contributed by atoms with Crippen LogP contribution in [0.5, 0.6) is 0 Å². The molecule has 1 N–H and O–H groups in total. The Kier molecular flexibility index (Phi) is 6.11. The second kappa shape index (κ2) is 9.12. The summed E-state index contributed by atoms with van der Waals surface area (Å²) < 4.78 is 14.9. The molecule has 2 aromatic carbocycles. The van der Waals surface area contributed by atoms with Crippen molar-refractivity contribution in [3.8, 4) is 5.69 Å². The first-order chi connectivity index (χ1) is 15.1. The fourth-order valence-corrected chi connectivity index (χ4v) is 3.95.